The largest absolute Gasteiger partial charge is 0.467 e. The van der Waals surface area contributed by atoms with Crippen LogP contribution in [-0.2, 0) is 16.1 Å². The van der Waals surface area contributed by atoms with Gasteiger partial charge in [-0.3, -0.25) is 4.79 Å². The lowest BCUT2D eigenvalue weighted by atomic mass is 10.0. The molecule has 0 radical (unpaired) electrons. The predicted molar refractivity (Wildman–Crippen MR) is 136 cm³/mol. The summed E-state index contributed by atoms with van der Waals surface area (Å²) in [6, 6.07) is 19.9. The van der Waals surface area contributed by atoms with Crippen LogP contribution in [0.4, 0.5) is 16.2 Å². The number of carbonyl (C=O) groups excluding carboxylic acids is 3. The number of nitrogens with one attached hydrogen (secondary N) is 2. The Hall–Kier alpha value is -4.13. The molecule has 0 saturated heterocycles. The Morgan fingerprint density at radius 1 is 0.914 bits per heavy atom. The fourth-order valence-electron chi connectivity index (χ4n) is 4.39. The number of aryl methyl sites for hydroxylation is 1. The maximum Gasteiger partial charge on any atom is 0.328 e. The number of urea groups is 1. The third-order valence-electron chi connectivity index (χ3n) is 6.10. The predicted octanol–water partition coefficient (Wildman–Crippen LogP) is 5.46. The van der Waals surface area contributed by atoms with Gasteiger partial charge in [-0.05, 0) is 71.5 Å². The molecular formula is C28H29N3O4. The van der Waals surface area contributed by atoms with Crippen LogP contribution in [0.2, 0.25) is 0 Å². The van der Waals surface area contributed by atoms with E-state index >= 15 is 0 Å². The summed E-state index contributed by atoms with van der Waals surface area (Å²) in [7, 11) is 1.34. The van der Waals surface area contributed by atoms with Crippen LogP contribution in [0.5, 0.6) is 0 Å². The van der Waals surface area contributed by atoms with Crippen LogP contribution in [0.25, 0.3) is 11.1 Å². The van der Waals surface area contributed by atoms with Crippen LogP contribution in [0.15, 0.2) is 66.7 Å². The average Bonchev–Trinajstić information content (AvgIpc) is 3.14. The van der Waals surface area contributed by atoms with Crippen LogP contribution in [-0.4, -0.2) is 36.0 Å². The second kappa shape index (κ2) is 10.0. The number of methoxy groups -OCH3 is 1. The van der Waals surface area contributed by atoms with Crippen molar-refractivity contribution in [2.45, 2.75) is 33.4 Å². The highest BCUT2D eigenvalue weighted by Gasteiger charge is 2.38. The number of amides is 3. The average molecular weight is 472 g/mol. The number of anilines is 2. The molecule has 180 valence electrons. The minimum Gasteiger partial charge on any atom is -0.467 e. The number of nitrogens with zero attached hydrogens (tertiary/aromatic N) is 1. The molecule has 4 rings (SSSR count). The molecule has 7 heteroatoms. The van der Waals surface area contributed by atoms with E-state index in [0.717, 1.165) is 27.9 Å². The number of fused-ring (bicyclic) bond motifs is 1. The molecule has 1 aliphatic rings. The molecule has 3 aromatic carbocycles. The van der Waals surface area contributed by atoms with E-state index in [4.69, 9.17) is 4.74 Å². The molecule has 35 heavy (non-hydrogen) atoms. The zero-order valence-electron chi connectivity index (χ0n) is 20.3. The number of benzene rings is 3. The standard InChI is InChI=1S/C28H29N3O4/c1-17(2)25(27(33)35-4)31-16-21-15-20(10-13-24(21)26(31)32)19-8-11-22(12-9-19)29-28(34)30-23-7-5-6-18(3)14-23/h5-15,17,25H,16H2,1-4H3,(H2,29,30,34)/t25-/m0/s1. The van der Waals surface area contributed by atoms with Gasteiger partial charge in [0.2, 0.25) is 0 Å². The lowest BCUT2D eigenvalue weighted by Gasteiger charge is -2.28. The van der Waals surface area contributed by atoms with Crippen molar-refractivity contribution in [3.8, 4) is 11.1 Å². The van der Waals surface area contributed by atoms with E-state index < -0.39 is 12.0 Å². The molecule has 7 nitrogen and oxygen atoms in total. The number of ether oxygens (including phenoxy) is 1. The first kappa shape index (κ1) is 24.0. The Morgan fingerprint density at radius 3 is 2.26 bits per heavy atom. The Kier molecular flexibility index (Phi) is 6.87. The molecule has 0 spiro atoms. The summed E-state index contributed by atoms with van der Waals surface area (Å²) in [5.74, 6) is -0.630. The van der Waals surface area contributed by atoms with Crippen molar-refractivity contribution in [2.75, 3.05) is 17.7 Å². The van der Waals surface area contributed by atoms with Crippen molar-refractivity contribution in [3.05, 3.63) is 83.4 Å². The lowest BCUT2D eigenvalue weighted by Crippen LogP contribution is -2.45. The summed E-state index contributed by atoms with van der Waals surface area (Å²) in [6.07, 6.45) is 0. The number of rotatable bonds is 6. The number of hydrogen-bond acceptors (Lipinski definition) is 4. The number of esters is 1. The minimum absolute atomic E-state index is 0.0664. The van der Waals surface area contributed by atoms with Crippen molar-refractivity contribution in [3.63, 3.8) is 0 Å². The first-order valence-corrected chi connectivity index (χ1v) is 11.5. The van der Waals surface area contributed by atoms with Crippen molar-refractivity contribution in [1.29, 1.82) is 0 Å². The first-order chi connectivity index (χ1) is 16.8. The van der Waals surface area contributed by atoms with Crippen LogP contribution >= 0.6 is 0 Å². The van der Waals surface area contributed by atoms with Crippen LogP contribution in [0, 0.1) is 12.8 Å². The minimum atomic E-state index is -0.625. The van der Waals surface area contributed by atoms with Crippen molar-refractivity contribution in [2.24, 2.45) is 5.92 Å². The highest BCUT2D eigenvalue weighted by Crippen LogP contribution is 2.32. The molecule has 0 aliphatic carbocycles. The highest BCUT2D eigenvalue weighted by molar-refractivity contribution is 6.01. The van der Waals surface area contributed by atoms with E-state index in [0.29, 0.717) is 17.8 Å². The quantitative estimate of drug-likeness (QED) is 0.468. The van der Waals surface area contributed by atoms with Gasteiger partial charge in [0, 0.05) is 23.5 Å². The second-order valence-corrected chi connectivity index (χ2v) is 9.04. The Balaban J connectivity index is 1.46. The zero-order valence-corrected chi connectivity index (χ0v) is 20.3. The van der Waals surface area contributed by atoms with Gasteiger partial charge in [-0.2, -0.15) is 0 Å². The van der Waals surface area contributed by atoms with Crippen molar-refractivity contribution < 1.29 is 19.1 Å². The molecule has 2 N–H and O–H groups in total. The van der Waals surface area contributed by atoms with E-state index in [2.05, 4.69) is 10.6 Å². The zero-order chi connectivity index (χ0) is 25.1. The molecular weight excluding hydrogens is 442 g/mol. The van der Waals surface area contributed by atoms with Gasteiger partial charge in [0.25, 0.3) is 5.91 Å². The van der Waals surface area contributed by atoms with Crippen LogP contribution in [0.3, 0.4) is 0 Å². The van der Waals surface area contributed by atoms with Gasteiger partial charge < -0.3 is 20.3 Å². The topological polar surface area (TPSA) is 87.7 Å². The summed E-state index contributed by atoms with van der Waals surface area (Å²) < 4.78 is 4.94. The summed E-state index contributed by atoms with van der Waals surface area (Å²) in [6.45, 7) is 6.13. The molecule has 0 aromatic heterocycles. The summed E-state index contributed by atoms with van der Waals surface area (Å²) in [4.78, 5) is 39.2. The fourth-order valence-corrected chi connectivity index (χ4v) is 4.39. The lowest BCUT2D eigenvalue weighted by molar-refractivity contribution is -0.147. The first-order valence-electron chi connectivity index (χ1n) is 11.5. The summed E-state index contributed by atoms with van der Waals surface area (Å²) >= 11 is 0. The molecule has 1 atom stereocenters. The smallest absolute Gasteiger partial charge is 0.328 e. The van der Waals surface area contributed by atoms with E-state index in [-0.39, 0.29) is 17.9 Å². The Bertz CT molecular complexity index is 1270. The van der Waals surface area contributed by atoms with Crippen molar-refractivity contribution in [1.82, 2.24) is 4.90 Å². The summed E-state index contributed by atoms with van der Waals surface area (Å²) in [5, 5.41) is 5.66. The third-order valence-corrected chi connectivity index (χ3v) is 6.10. The van der Waals surface area contributed by atoms with E-state index in [1.807, 2.05) is 87.5 Å². The summed E-state index contributed by atoms with van der Waals surface area (Å²) in [5.41, 5.74) is 5.85. The Morgan fingerprint density at radius 2 is 1.60 bits per heavy atom. The highest BCUT2D eigenvalue weighted by atomic mass is 16.5. The molecule has 0 unspecified atom stereocenters. The monoisotopic (exact) mass is 471 g/mol. The fraction of sp³-hybridized carbons (Fsp3) is 0.250. The molecule has 0 saturated carbocycles. The van der Waals surface area contributed by atoms with Gasteiger partial charge in [-0.15, -0.1) is 0 Å². The second-order valence-electron chi connectivity index (χ2n) is 9.04. The number of hydrogen-bond donors (Lipinski definition) is 2. The Labute approximate surface area is 205 Å². The van der Waals surface area contributed by atoms with Gasteiger partial charge in [0.15, 0.2) is 0 Å². The van der Waals surface area contributed by atoms with E-state index in [1.165, 1.54) is 7.11 Å². The van der Waals surface area contributed by atoms with Gasteiger partial charge in [0.05, 0.1) is 7.11 Å². The van der Waals surface area contributed by atoms with Gasteiger partial charge in [-0.1, -0.05) is 44.2 Å². The molecule has 3 aromatic rings. The molecule has 0 fully saturated rings. The van der Waals surface area contributed by atoms with Gasteiger partial charge in [0.1, 0.15) is 6.04 Å². The van der Waals surface area contributed by atoms with Gasteiger partial charge in [-0.25, -0.2) is 9.59 Å². The van der Waals surface area contributed by atoms with Crippen LogP contribution in [0.1, 0.15) is 35.3 Å². The van der Waals surface area contributed by atoms with Crippen LogP contribution < -0.4 is 10.6 Å². The van der Waals surface area contributed by atoms with Crippen molar-refractivity contribution >= 4 is 29.3 Å². The van der Waals surface area contributed by atoms with Gasteiger partial charge >= 0.3 is 12.0 Å². The maximum absolute atomic E-state index is 13.0. The maximum atomic E-state index is 13.0. The molecule has 0 bridgehead atoms. The number of carbonyl (C=O) groups is 3. The van der Waals surface area contributed by atoms with E-state index in [1.54, 1.807) is 4.90 Å². The normalized spacial score (nSPS) is 13.4. The van der Waals surface area contributed by atoms with E-state index in [9.17, 15) is 14.4 Å². The molecule has 1 aliphatic heterocycles. The molecule has 1 heterocycles. The third kappa shape index (κ3) is 5.19. The molecule has 3 amide bonds. The SMILES string of the molecule is COC(=O)[C@H](C(C)C)N1Cc2cc(-c3ccc(NC(=O)Nc4cccc(C)c4)cc3)ccc2C1=O.